The van der Waals surface area contributed by atoms with Crippen molar-refractivity contribution >= 4 is 23.1 Å². The second-order valence-electron chi connectivity index (χ2n) is 8.41. The number of nitrogens with zero attached hydrogens (tertiary/aromatic N) is 5. The van der Waals surface area contributed by atoms with Crippen LogP contribution >= 0.6 is 11.3 Å². The first-order valence-electron chi connectivity index (χ1n) is 11.6. The van der Waals surface area contributed by atoms with Crippen molar-refractivity contribution in [3.63, 3.8) is 0 Å². The van der Waals surface area contributed by atoms with Gasteiger partial charge in [0.1, 0.15) is 17.2 Å². The first kappa shape index (κ1) is 23.3. The molecule has 1 aliphatic heterocycles. The Labute approximate surface area is 207 Å². The maximum Gasteiger partial charge on any atom is 0.226 e. The van der Waals surface area contributed by atoms with Gasteiger partial charge >= 0.3 is 0 Å². The molecule has 0 bridgehead atoms. The summed E-state index contributed by atoms with van der Waals surface area (Å²) in [6.45, 7) is 2.43. The van der Waals surface area contributed by atoms with Gasteiger partial charge in [-0.2, -0.15) is 5.10 Å². The lowest BCUT2D eigenvalue weighted by molar-refractivity contribution is -0.116. The molecule has 0 radical (unpaired) electrons. The van der Waals surface area contributed by atoms with Gasteiger partial charge in [0.05, 0.1) is 17.2 Å². The van der Waals surface area contributed by atoms with Crippen LogP contribution in [0.15, 0.2) is 55.0 Å². The molecule has 1 amide bonds. The van der Waals surface area contributed by atoms with E-state index in [-0.39, 0.29) is 5.91 Å². The predicted molar refractivity (Wildman–Crippen MR) is 136 cm³/mol. The van der Waals surface area contributed by atoms with E-state index >= 15 is 0 Å². The van der Waals surface area contributed by atoms with E-state index in [0.29, 0.717) is 37.3 Å². The summed E-state index contributed by atoms with van der Waals surface area (Å²) in [7, 11) is 1.72. The zero-order chi connectivity index (χ0) is 24.0. The fourth-order valence-corrected chi connectivity index (χ4v) is 5.39. The second-order valence-corrected chi connectivity index (χ2v) is 9.41. The van der Waals surface area contributed by atoms with Gasteiger partial charge in [0.25, 0.3) is 0 Å². The third-order valence-corrected chi connectivity index (χ3v) is 7.17. The fraction of sp³-hybridized carbons (Fsp3) is 0.320. The Balaban J connectivity index is 1.32. The molecule has 1 fully saturated rings. The van der Waals surface area contributed by atoms with Crippen molar-refractivity contribution in [2.75, 3.05) is 32.1 Å². The normalized spacial score (nSPS) is 16.0. The Bertz CT molecular complexity index is 1260. The molecule has 4 aromatic rings. The maximum absolute atomic E-state index is 12.6. The minimum absolute atomic E-state index is 0.0517. The van der Waals surface area contributed by atoms with Gasteiger partial charge < -0.3 is 10.1 Å². The van der Waals surface area contributed by atoms with Crippen molar-refractivity contribution in [2.24, 2.45) is 0 Å². The number of nitrogens with one attached hydrogen (secondary N) is 2. The second kappa shape index (κ2) is 10.9. The van der Waals surface area contributed by atoms with Crippen LogP contribution in [-0.4, -0.2) is 68.8 Å². The van der Waals surface area contributed by atoms with Crippen LogP contribution in [0.1, 0.15) is 19.3 Å². The number of benzene rings is 1. The summed E-state index contributed by atoms with van der Waals surface area (Å²) in [5.74, 6) is 1.13. The summed E-state index contributed by atoms with van der Waals surface area (Å²) in [6, 6.07) is 14.1. The lowest BCUT2D eigenvalue weighted by Gasteiger charge is -2.23. The number of likely N-dealkylation sites (tertiary alicyclic amines) is 1. The summed E-state index contributed by atoms with van der Waals surface area (Å²) in [6.07, 6.45) is 5.86. The number of pyridine rings is 1. The molecule has 1 aromatic carbocycles. The van der Waals surface area contributed by atoms with E-state index in [0.717, 1.165) is 46.1 Å². The van der Waals surface area contributed by atoms with Gasteiger partial charge in [-0.3, -0.25) is 14.8 Å². The molecule has 0 saturated carbocycles. The molecular formula is C25H27N7O2S. The summed E-state index contributed by atoms with van der Waals surface area (Å²) >= 11 is 1.52. The van der Waals surface area contributed by atoms with Gasteiger partial charge in [-0.15, -0.1) is 11.3 Å². The minimum atomic E-state index is -0.0517. The van der Waals surface area contributed by atoms with Crippen LogP contribution in [0.5, 0.6) is 0 Å². The van der Waals surface area contributed by atoms with E-state index < -0.39 is 0 Å². The summed E-state index contributed by atoms with van der Waals surface area (Å²) in [4.78, 5) is 29.5. The number of anilines is 1. The zero-order valence-electron chi connectivity index (χ0n) is 19.5. The van der Waals surface area contributed by atoms with Crippen LogP contribution in [-0.2, 0) is 9.53 Å². The number of methoxy groups -OCH3 is 1. The van der Waals surface area contributed by atoms with Gasteiger partial charge in [-0.05, 0) is 31.5 Å². The van der Waals surface area contributed by atoms with Crippen LogP contribution in [0.2, 0.25) is 0 Å². The van der Waals surface area contributed by atoms with Crippen molar-refractivity contribution < 1.29 is 9.53 Å². The highest BCUT2D eigenvalue weighted by molar-refractivity contribution is 7.18. The van der Waals surface area contributed by atoms with Gasteiger partial charge in [0.2, 0.25) is 5.91 Å². The number of amides is 1. The molecule has 2 N–H and O–H groups in total. The number of aromatic amines is 1. The molecule has 1 aliphatic rings. The van der Waals surface area contributed by atoms with E-state index in [1.807, 2.05) is 42.5 Å². The Kier molecular flexibility index (Phi) is 7.22. The summed E-state index contributed by atoms with van der Waals surface area (Å²) in [5.41, 5.74) is 2.71. The first-order valence-corrected chi connectivity index (χ1v) is 12.4. The van der Waals surface area contributed by atoms with E-state index in [9.17, 15) is 4.79 Å². The van der Waals surface area contributed by atoms with Gasteiger partial charge in [0.15, 0.2) is 5.82 Å². The molecule has 3 aromatic heterocycles. The molecule has 9 nitrogen and oxygen atoms in total. The number of H-pyrrole nitrogens is 1. The molecule has 180 valence electrons. The van der Waals surface area contributed by atoms with Crippen molar-refractivity contribution in [1.82, 2.24) is 30.0 Å². The van der Waals surface area contributed by atoms with Crippen molar-refractivity contribution in [3.8, 4) is 32.5 Å². The number of carbonyl (C=O) groups is 1. The number of aromatic nitrogens is 5. The highest BCUT2D eigenvalue weighted by Crippen LogP contribution is 2.39. The Morgan fingerprint density at radius 2 is 2.11 bits per heavy atom. The molecule has 4 heterocycles. The number of ether oxygens (including phenoxy) is 1. The fourth-order valence-electron chi connectivity index (χ4n) is 4.36. The molecule has 1 saturated heterocycles. The highest BCUT2D eigenvalue weighted by atomic mass is 32.1. The van der Waals surface area contributed by atoms with Crippen molar-refractivity contribution in [3.05, 3.63) is 55.0 Å². The third kappa shape index (κ3) is 5.45. The Morgan fingerprint density at radius 1 is 1.23 bits per heavy atom. The van der Waals surface area contributed by atoms with Crippen LogP contribution in [0.3, 0.4) is 0 Å². The number of thiazole rings is 1. The van der Waals surface area contributed by atoms with Crippen LogP contribution in [0.4, 0.5) is 5.82 Å². The third-order valence-electron chi connectivity index (χ3n) is 6.06. The predicted octanol–water partition coefficient (Wildman–Crippen LogP) is 4.10. The molecule has 35 heavy (non-hydrogen) atoms. The van der Waals surface area contributed by atoms with E-state index in [1.54, 1.807) is 13.3 Å². The van der Waals surface area contributed by atoms with Gasteiger partial charge in [-0.25, -0.2) is 15.0 Å². The highest BCUT2D eigenvalue weighted by Gasteiger charge is 2.24. The first-order chi connectivity index (χ1) is 17.2. The number of hydrogen-bond acceptors (Lipinski definition) is 8. The summed E-state index contributed by atoms with van der Waals surface area (Å²) < 4.78 is 5.31. The lowest BCUT2D eigenvalue weighted by atomic mass is 10.1. The minimum Gasteiger partial charge on any atom is -0.383 e. The molecule has 1 unspecified atom stereocenters. The average molecular weight is 490 g/mol. The zero-order valence-corrected chi connectivity index (χ0v) is 20.3. The average Bonchev–Trinajstić information content (AvgIpc) is 3.65. The van der Waals surface area contributed by atoms with Crippen molar-refractivity contribution in [2.45, 2.75) is 25.3 Å². The van der Waals surface area contributed by atoms with E-state index in [4.69, 9.17) is 9.72 Å². The van der Waals surface area contributed by atoms with Crippen molar-refractivity contribution in [1.29, 1.82) is 0 Å². The van der Waals surface area contributed by atoms with E-state index in [2.05, 4.69) is 30.4 Å². The Morgan fingerprint density at radius 3 is 2.91 bits per heavy atom. The molecule has 0 spiro atoms. The largest absolute Gasteiger partial charge is 0.383 e. The molecule has 5 rings (SSSR count). The molecule has 10 heteroatoms. The monoisotopic (exact) mass is 489 g/mol. The Hall–Kier alpha value is -3.47. The topological polar surface area (TPSA) is 109 Å². The van der Waals surface area contributed by atoms with Crippen LogP contribution < -0.4 is 5.32 Å². The molecule has 0 aliphatic carbocycles. The van der Waals surface area contributed by atoms with Gasteiger partial charge in [-0.1, -0.05) is 30.3 Å². The van der Waals surface area contributed by atoms with Crippen LogP contribution in [0, 0.1) is 0 Å². The smallest absolute Gasteiger partial charge is 0.226 e. The van der Waals surface area contributed by atoms with E-state index in [1.165, 1.54) is 17.7 Å². The number of carbonyl (C=O) groups excluding carboxylic acids is 1. The summed E-state index contributed by atoms with van der Waals surface area (Å²) in [5, 5.41) is 10.7. The van der Waals surface area contributed by atoms with Gasteiger partial charge in [0, 0.05) is 43.4 Å². The maximum atomic E-state index is 12.6. The lowest BCUT2D eigenvalue weighted by Crippen LogP contribution is -2.35. The van der Waals surface area contributed by atoms with Crippen LogP contribution in [0.25, 0.3) is 32.5 Å². The number of hydrogen-bond donors (Lipinski definition) is 2. The standard InChI is InChI=1S/C25H27N7O2S/c1-34-15-19-8-5-12-32(19)13-10-21(33)29-20-14-18(9-11-26-20)25-30-22(17-6-3-2-4-7-17)23(35-25)24-27-16-28-31-24/h2-4,6-7,9,11,14,16,19H,5,8,10,12-13,15H2,1H3,(H,26,29,33)(H,27,28,31). The number of rotatable bonds is 9. The SMILES string of the molecule is COCC1CCCN1CCC(=O)Nc1cc(-c2nc(-c3ccccc3)c(-c3ncn[nH]3)s2)ccn1. The molecule has 1 atom stereocenters. The molecular weight excluding hydrogens is 462 g/mol. The quantitative estimate of drug-likeness (QED) is 0.364.